The molecular weight excluding hydrogens is 424 g/mol. The number of benzene rings is 2. The van der Waals surface area contributed by atoms with Crippen LogP contribution in [0.1, 0.15) is 35.3 Å². The largest absolute Gasteiger partial charge is 0.478 e. The second kappa shape index (κ2) is 8.38. The van der Waals surface area contributed by atoms with Gasteiger partial charge in [-0.2, -0.15) is 30.4 Å². The van der Waals surface area contributed by atoms with E-state index in [4.69, 9.17) is 5.11 Å². The van der Waals surface area contributed by atoms with Gasteiger partial charge in [0.2, 0.25) is 0 Å². The van der Waals surface area contributed by atoms with Crippen LogP contribution in [0.4, 0.5) is 11.4 Å². The van der Waals surface area contributed by atoms with E-state index in [0.717, 1.165) is 16.1 Å². The van der Waals surface area contributed by atoms with Crippen molar-refractivity contribution in [3.05, 3.63) is 59.2 Å². The Morgan fingerprint density at radius 1 is 0.788 bits per heavy atom. The first-order valence-corrected chi connectivity index (χ1v) is 10.3. The molecule has 2 aromatic rings. The van der Waals surface area contributed by atoms with E-state index in [1.165, 1.54) is 29.3 Å². The maximum atomic E-state index is 12.9. The van der Waals surface area contributed by atoms with Crippen molar-refractivity contribution in [1.29, 1.82) is 0 Å². The summed E-state index contributed by atoms with van der Waals surface area (Å²) in [6, 6.07) is 9.51. The number of hydrogen-bond acceptors (Lipinski definition) is 7. The summed E-state index contributed by atoms with van der Waals surface area (Å²) in [5, 5.41) is 28.3. The van der Waals surface area contributed by atoms with Crippen LogP contribution in [0.2, 0.25) is 0 Å². The fraction of sp³-hybridized carbons (Fsp3) is 0.261. The first kappa shape index (κ1) is 22.0. The summed E-state index contributed by atoms with van der Waals surface area (Å²) in [6.07, 6.45) is 0. The average Bonchev–Trinajstić information content (AvgIpc) is 3.23. The Morgan fingerprint density at radius 2 is 1.27 bits per heavy atom. The van der Waals surface area contributed by atoms with Crippen LogP contribution in [0.15, 0.2) is 62.9 Å². The average molecular weight is 446 g/mol. The standard InChI is InChI=1S/C23H22N6O4/c1-12-5-8-18(11-13(12)2)29-22(31)20(15(4)27-29)25-24-19-14(3)26-28(21(19)30)17-9-6-16(7-10-17)23(32)33/h5-11,19-20H,1-4H3,(H,32,33). The van der Waals surface area contributed by atoms with Crippen molar-refractivity contribution in [2.75, 3.05) is 10.0 Å². The Hall–Kier alpha value is -4.21. The van der Waals surface area contributed by atoms with E-state index in [1.54, 1.807) is 13.8 Å². The molecule has 2 aromatic carbocycles. The van der Waals surface area contributed by atoms with Gasteiger partial charge in [0.25, 0.3) is 11.8 Å². The summed E-state index contributed by atoms with van der Waals surface area (Å²) in [6.45, 7) is 7.28. The van der Waals surface area contributed by atoms with E-state index in [2.05, 4.69) is 20.4 Å². The van der Waals surface area contributed by atoms with Crippen LogP contribution < -0.4 is 10.0 Å². The highest BCUT2D eigenvalue weighted by Gasteiger charge is 2.38. The van der Waals surface area contributed by atoms with Gasteiger partial charge in [0.05, 0.1) is 28.4 Å². The number of nitrogens with zero attached hydrogens (tertiary/aromatic N) is 6. The van der Waals surface area contributed by atoms with Crippen molar-refractivity contribution in [2.24, 2.45) is 20.4 Å². The molecule has 2 heterocycles. The molecule has 1 N–H and O–H groups in total. The molecule has 2 unspecified atom stereocenters. The quantitative estimate of drug-likeness (QED) is 0.707. The van der Waals surface area contributed by atoms with E-state index in [0.29, 0.717) is 22.8 Å². The fourth-order valence-electron chi connectivity index (χ4n) is 3.48. The minimum absolute atomic E-state index is 0.102. The summed E-state index contributed by atoms with van der Waals surface area (Å²) in [5.74, 6) is -1.85. The van der Waals surface area contributed by atoms with Gasteiger partial charge in [-0.25, -0.2) is 4.79 Å². The first-order valence-electron chi connectivity index (χ1n) is 10.3. The van der Waals surface area contributed by atoms with Crippen LogP contribution in [0, 0.1) is 13.8 Å². The van der Waals surface area contributed by atoms with E-state index in [9.17, 15) is 14.4 Å². The number of hydrogen-bond donors (Lipinski definition) is 1. The number of amides is 2. The van der Waals surface area contributed by atoms with E-state index in [-0.39, 0.29) is 11.5 Å². The monoisotopic (exact) mass is 446 g/mol. The van der Waals surface area contributed by atoms with Crippen molar-refractivity contribution in [2.45, 2.75) is 39.8 Å². The van der Waals surface area contributed by atoms with Crippen LogP contribution in [-0.2, 0) is 9.59 Å². The highest BCUT2D eigenvalue weighted by atomic mass is 16.4. The SMILES string of the molecule is CC1=NN(c2ccc(C(=O)O)cc2)C(=O)C1N=NC1C(=O)N(c2ccc(C)c(C)c2)N=C1C. The number of carbonyl (C=O) groups excluding carboxylic acids is 2. The number of aryl methyl sites for hydroxylation is 2. The second-order valence-corrected chi connectivity index (χ2v) is 7.94. The molecule has 0 spiro atoms. The Balaban J connectivity index is 1.51. The molecule has 0 saturated carbocycles. The van der Waals surface area contributed by atoms with Crippen molar-refractivity contribution in [3.63, 3.8) is 0 Å². The van der Waals surface area contributed by atoms with Crippen LogP contribution >= 0.6 is 0 Å². The molecule has 4 rings (SSSR count). The van der Waals surface area contributed by atoms with Crippen LogP contribution in [0.3, 0.4) is 0 Å². The van der Waals surface area contributed by atoms with Gasteiger partial charge in [0.15, 0.2) is 12.1 Å². The summed E-state index contributed by atoms with van der Waals surface area (Å²) < 4.78 is 0. The lowest BCUT2D eigenvalue weighted by molar-refractivity contribution is -0.119. The molecule has 2 amide bonds. The number of anilines is 2. The van der Waals surface area contributed by atoms with Gasteiger partial charge in [-0.1, -0.05) is 6.07 Å². The molecule has 168 valence electrons. The number of azo groups is 1. The molecule has 0 radical (unpaired) electrons. The maximum absolute atomic E-state index is 12.9. The predicted octanol–water partition coefficient (Wildman–Crippen LogP) is 3.34. The lowest BCUT2D eigenvalue weighted by Gasteiger charge is -2.14. The summed E-state index contributed by atoms with van der Waals surface area (Å²) in [4.78, 5) is 36.8. The minimum Gasteiger partial charge on any atom is -0.478 e. The number of rotatable bonds is 5. The summed E-state index contributed by atoms with van der Waals surface area (Å²) in [7, 11) is 0. The highest BCUT2D eigenvalue weighted by molar-refractivity contribution is 6.19. The molecule has 10 heteroatoms. The molecule has 0 aliphatic carbocycles. The smallest absolute Gasteiger partial charge is 0.335 e. The van der Waals surface area contributed by atoms with Gasteiger partial charge in [0.1, 0.15) is 0 Å². The molecule has 10 nitrogen and oxygen atoms in total. The van der Waals surface area contributed by atoms with Crippen LogP contribution in [0.25, 0.3) is 0 Å². The third-order valence-electron chi connectivity index (χ3n) is 5.58. The van der Waals surface area contributed by atoms with Crippen LogP contribution in [-0.4, -0.2) is 46.4 Å². The van der Waals surface area contributed by atoms with Crippen molar-refractivity contribution in [1.82, 2.24) is 0 Å². The molecule has 0 aromatic heterocycles. The Kier molecular flexibility index (Phi) is 5.59. The van der Waals surface area contributed by atoms with Gasteiger partial charge in [-0.05, 0) is 75.2 Å². The molecular formula is C23H22N6O4. The highest BCUT2D eigenvalue weighted by Crippen LogP contribution is 2.26. The van der Waals surface area contributed by atoms with Crippen molar-refractivity contribution >= 4 is 40.6 Å². The Labute approximate surface area is 189 Å². The number of carboxylic acid groups (broad SMARTS) is 1. The normalized spacial score (nSPS) is 20.6. The Morgan fingerprint density at radius 3 is 1.76 bits per heavy atom. The molecule has 2 aliphatic heterocycles. The first-order chi connectivity index (χ1) is 15.7. The lowest BCUT2D eigenvalue weighted by Crippen LogP contribution is -2.32. The molecule has 2 aliphatic rings. The van der Waals surface area contributed by atoms with Gasteiger partial charge in [-0.15, -0.1) is 0 Å². The third kappa shape index (κ3) is 4.02. The van der Waals surface area contributed by atoms with E-state index >= 15 is 0 Å². The third-order valence-corrected chi connectivity index (χ3v) is 5.58. The molecule has 0 saturated heterocycles. The van der Waals surface area contributed by atoms with E-state index in [1.807, 2.05) is 32.0 Å². The predicted molar refractivity (Wildman–Crippen MR) is 123 cm³/mol. The number of carbonyl (C=O) groups is 3. The van der Waals surface area contributed by atoms with Gasteiger partial charge in [-0.3, -0.25) is 9.59 Å². The van der Waals surface area contributed by atoms with Gasteiger partial charge < -0.3 is 5.11 Å². The van der Waals surface area contributed by atoms with E-state index < -0.39 is 24.0 Å². The van der Waals surface area contributed by atoms with Crippen LogP contribution in [0.5, 0.6) is 0 Å². The zero-order valence-corrected chi connectivity index (χ0v) is 18.6. The van der Waals surface area contributed by atoms with Crippen molar-refractivity contribution < 1.29 is 19.5 Å². The molecule has 0 bridgehead atoms. The molecule has 0 fully saturated rings. The number of aromatic carboxylic acids is 1. The minimum atomic E-state index is -1.06. The van der Waals surface area contributed by atoms with Gasteiger partial charge in [0, 0.05) is 0 Å². The summed E-state index contributed by atoms with van der Waals surface area (Å²) in [5.41, 5.74) is 4.20. The van der Waals surface area contributed by atoms with Gasteiger partial charge >= 0.3 is 5.97 Å². The Bertz CT molecular complexity index is 1250. The van der Waals surface area contributed by atoms with Crippen molar-refractivity contribution in [3.8, 4) is 0 Å². The fourth-order valence-corrected chi connectivity index (χ4v) is 3.48. The topological polar surface area (TPSA) is 127 Å². The second-order valence-electron chi connectivity index (χ2n) is 7.94. The zero-order chi connectivity index (χ0) is 23.9. The zero-order valence-electron chi connectivity index (χ0n) is 18.6. The molecule has 33 heavy (non-hydrogen) atoms. The lowest BCUT2D eigenvalue weighted by atomic mass is 10.1. The number of hydrazone groups is 2. The summed E-state index contributed by atoms with van der Waals surface area (Å²) >= 11 is 0. The maximum Gasteiger partial charge on any atom is 0.335 e. The number of carboxylic acids is 1. The molecule has 2 atom stereocenters.